The van der Waals surface area contributed by atoms with E-state index in [9.17, 15) is 5.11 Å². The third kappa shape index (κ3) is 2.72. The van der Waals surface area contributed by atoms with Gasteiger partial charge in [0.25, 0.3) is 0 Å². The van der Waals surface area contributed by atoms with E-state index in [1.54, 1.807) is 6.07 Å². The maximum absolute atomic E-state index is 9.89. The fraction of sp³-hybridized carbons (Fsp3) is 0.118. The van der Waals surface area contributed by atoms with Crippen molar-refractivity contribution in [1.29, 1.82) is 0 Å². The van der Waals surface area contributed by atoms with Gasteiger partial charge in [0.05, 0.1) is 5.69 Å². The Labute approximate surface area is 130 Å². The first kappa shape index (κ1) is 14.7. The third-order valence-electron chi connectivity index (χ3n) is 3.22. The second-order valence-corrected chi connectivity index (χ2v) is 4.92. The summed E-state index contributed by atoms with van der Waals surface area (Å²) in [5.41, 5.74) is 5.06. The minimum absolute atomic E-state index is 0. The second-order valence-electron chi connectivity index (χ2n) is 4.92. The van der Waals surface area contributed by atoms with E-state index >= 15 is 0 Å². The van der Waals surface area contributed by atoms with Crippen LogP contribution in [0.3, 0.4) is 0 Å². The molecule has 96 valence electrons. The molecule has 20 heavy (non-hydrogen) atoms. The van der Waals surface area contributed by atoms with Crippen molar-refractivity contribution in [3.05, 3.63) is 59.7 Å². The molecule has 0 aliphatic rings. The van der Waals surface area contributed by atoms with Gasteiger partial charge in [-0.1, -0.05) is 35.4 Å². The van der Waals surface area contributed by atoms with Gasteiger partial charge in [0.1, 0.15) is 11.3 Å². The molecule has 0 unspecified atom stereocenters. The van der Waals surface area contributed by atoms with Gasteiger partial charge in [0.15, 0.2) is 0 Å². The van der Waals surface area contributed by atoms with Crippen molar-refractivity contribution in [2.75, 3.05) is 0 Å². The Hall–Kier alpha value is -1.75. The number of aromatic hydroxyl groups is 1. The van der Waals surface area contributed by atoms with E-state index in [1.807, 2.05) is 24.3 Å². The fourth-order valence-corrected chi connectivity index (χ4v) is 2.41. The third-order valence-corrected chi connectivity index (χ3v) is 3.22. The molecule has 1 heterocycles. The first-order chi connectivity index (χ1) is 9.13. The van der Waals surface area contributed by atoms with Gasteiger partial charge in [-0.15, -0.1) is 0 Å². The van der Waals surface area contributed by atoms with Crippen LogP contribution < -0.4 is 0 Å². The molecule has 1 N–H and O–H groups in total. The van der Waals surface area contributed by atoms with Crippen LogP contribution in [0.15, 0.2) is 48.5 Å². The topological polar surface area (TPSA) is 33.1 Å². The molecule has 0 spiro atoms. The van der Waals surface area contributed by atoms with Gasteiger partial charge in [0.2, 0.25) is 0 Å². The van der Waals surface area contributed by atoms with Crippen molar-refractivity contribution in [3.63, 3.8) is 0 Å². The molecular formula is C17H16LiNO. The Balaban J connectivity index is 0.00000147. The molecule has 1 aromatic heterocycles. The first-order valence-electron chi connectivity index (χ1n) is 6.31. The SMILES string of the molecule is Cc1cc(C)cc(-c2ccc3cccc(O)c3n2)c1.[LiH]. The van der Waals surface area contributed by atoms with Crippen molar-refractivity contribution in [2.24, 2.45) is 0 Å². The molecule has 0 atom stereocenters. The quantitative estimate of drug-likeness (QED) is 0.676. The summed E-state index contributed by atoms with van der Waals surface area (Å²) in [7, 11) is 0. The predicted molar refractivity (Wildman–Crippen MR) is 85.5 cm³/mol. The molecule has 0 fully saturated rings. The van der Waals surface area contributed by atoms with Crippen LogP contribution in [0.5, 0.6) is 5.75 Å². The molecule has 0 radical (unpaired) electrons. The van der Waals surface area contributed by atoms with Crippen LogP contribution in [0.2, 0.25) is 0 Å². The molecule has 2 nitrogen and oxygen atoms in total. The fourth-order valence-electron chi connectivity index (χ4n) is 2.41. The standard InChI is InChI=1S/C17H15NO.Li.H/c1-11-8-12(2)10-14(9-11)15-7-6-13-4-3-5-16(19)17(13)18-15;;/h3-10,19H,1-2H3;;. The number of rotatable bonds is 1. The summed E-state index contributed by atoms with van der Waals surface area (Å²) in [5, 5.41) is 10.8. The Morgan fingerprint density at radius 1 is 0.900 bits per heavy atom. The Kier molecular flexibility index (Phi) is 4.18. The van der Waals surface area contributed by atoms with Crippen LogP contribution in [-0.2, 0) is 0 Å². The van der Waals surface area contributed by atoms with Gasteiger partial charge in [0, 0.05) is 10.9 Å². The van der Waals surface area contributed by atoms with Gasteiger partial charge in [-0.3, -0.25) is 0 Å². The number of hydrogen-bond acceptors (Lipinski definition) is 2. The van der Waals surface area contributed by atoms with E-state index in [4.69, 9.17) is 0 Å². The zero-order chi connectivity index (χ0) is 13.4. The van der Waals surface area contributed by atoms with Crippen LogP contribution in [0, 0.1) is 13.8 Å². The Morgan fingerprint density at radius 2 is 1.60 bits per heavy atom. The summed E-state index contributed by atoms with van der Waals surface area (Å²) in [4.78, 5) is 4.58. The number of aromatic nitrogens is 1. The van der Waals surface area contributed by atoms with E-state index in [-0.39, 0.29) is 24.6 Å². The van der Waals surface area contributed by atoms with Crippen molar-refractivity contribution in [1.82, 2.24) is 4.98 Å². The molecular weight excluding hydrogens is 241 g/mol. The van der Waals surface area contributed by atoms with Crippen LogP contribution in [0.1, 0.15) is 11.1 Å². The molecule has 0 saturated heterocycles. The number of fused-ring (bicyclic) bond motifs is 1. The molecule has 0 aliphatic heterocycles. The zero-order valence-electron chi connectivity index (χ0n) is 11.0. The molecule has 3 heteroatoms. The molecule has 0 saturated carbocycles. The maximum atomic E-state index is 9.89. The average molecular weight is 257 g/mol. The zero-order valence-corrected chi connectivity index (χ0v) is 11.0. The predicted octanol–water partition coefficient (Wildman–Crippen LogP) is 3.58. The van der Waals surface area contributed by atoms with Crippen LogP contribution in [0.4, 0.5) is 0 Å². The first-order valence-corrected chi connectivity index (χ1v) is 6.31. The van der Waals surface area contributed by atoms with E-state index in [0.29, 0.717) is 5.52 Å². The monoisotopic (exact) mass is 257 g/mol. The summed E-state index contributed by atoms with van der Waals surface area (Å²) < 4.78 is 0. The summed E-state index contributed by atoms with van der Waals surface area (Å²) >= 11 is 0. The Morgan fingerprint density at radius 3 is 2.30 bits per heavy atom. The average Bonchev–Trinajstić information content (AvgIpc) is 2.38. The minimum atomic E-state index is 0. The summed E-state index contributed by atoms with van der Waals surface area (Å²) in [6.45, 7) is 4.16. The van der Waals surface area contributed by atoms with Gasteiger partial charge < -0.3 is 5.11 Å². The number of phenols is 1. The van der Waals surface area contributed by atoms with Crippen LogP contribution in [0.25, 0.3) is 22.2 Å². The molecule has 2 aromatic carbocycles. The molecule has 3 rings (SSSR count). The number of aryl methyl sites for hydroxylation is 2. The summed E-state index contributed by atoms with van der Waals surface area (Å²) in [6.07, 6.45) is 0. The second kappa shape index (κ2) is 5.71. The van der Waals surface area contributed by atoms with Crippen LogP contribution in [-0.4, -0.2) is 29.0 Å². The van der Waals surface area contributed by atoms with Gasteiger partial charge >= 0.3 is 18.9 Å². The number of nitrogens with zero attached hydrogens (tertiary/aromatic N) is 1. The molecule has 0 amide bonds. The molecule has 3 aromatic rings. The molecule has 0 aliphatic carbocycles. The van der Waals surface area contributed by atoms with Crippen LogP contribution >= 0.6 is 0 Å². The van der Waals surface area contributed by atoms with E-state index in [2.05, 4.69) is 37.0 Å². The molecule has 0 bridgehead atoms. The Bertz CT molecular complexity index is 748. The number of para-hydroxylation sites is 1. The van der Waals surface area contributed by atoms with Gasteiger partial charge in [-0.25, -0.2) is 4.98 Å². The van der Waals surface area contributed by atoms with Crippen molar-refractivity contribution in [3.8, 4) is 17.0 Å². The van der Waals surface area contributed by atoms with Gasteiger partial charge in [-0.05, 0) is 38.1 Å². The van der Waals surface area contributed by atoms with Crippen molar-refractivity contribution >= 4 is 29.8 Å². The number of hydrogen-bond donors (Lipinski definition) is 1. The normalized spacial score (nSPS) is 10.3. The van der Waals surface area contributed by atoms with Crippen molar-refractivity contribution < 1.29 is 5.11 Å². The summed E-state index contributed by atoms with van der Waals surface area (Å²) in [6, 6.07) is 15.8. The van der Waals surface area contributed by atoms with E-state index < -0.39 is 0 Å². The van der Waals surface area contributed by atoms with E-state index in [1.165, 1.54) is 11.1 Å². The van der Waals surface area contributed by atoms with Gasteiger partial charge in [-0.2, -0.15) is 0 Å². The van der Waals surface area contributed by atoms with Crippen molar-refractivity contribution in [2.45, 2.75) is 13.8 Å². The number of benzene rings is 2. The summed E-state index contributed by atoms with van der Waals surface area (Å²) in [5.74, 6) is 0.226. The van der Waals surface area contributed by atoms with E-state index in [0.717, 1.165) is 16.6 Å². The number of pyridine rings is 1. The number of phenolic OH excluding ortho intramolecular Hbond substituents is 1.